The second kappa shape index (κ2) is 7.93. The zero-order valence-electron chi connectivity index (χ0n) is 13.9. The number of fused-ring (bicyclic) bond motifs is 1. The molecule has 0 saturated carbocycles. The molecule has 1 aromatic heterocycles. The molecule has 1 heterocycles. The van der Waals surface area contributed by atoms with Crippen molar-refractivity contribution in [3.05, 3.63) is 60.4 Å². The van der Waals surface area contributed by atoms with Gasteiger partial charge in [-0.3, -0.25) is 4.79 Å². The molecule has 5 heteroatoms. The third-order valence-corrected chi connectivity index (χ3v) is 3.55. The van der Waals surface area contributed by atoms with Crippen LogP contribution in [0.4, 0.5) is 11.5 Å². The number of benzene rings is 2. The van der Waals surface area contributed by atoms with E-state index in [1.54, 1.807) is 6.33 Å². The zero-order valence-corrected chi connectivity index (χ0v) is 13.9. The fraction of sp³-hybridized carbons (Fsp3) is 0.150. The number of carbonyl (C=O) groups excluding carboxylic acids is 1. The number of nitrogens with one attached hydrogen (secondary N) is 2. The highest BCUT2D eigenvalue weighted by Gasteiger charge is 2.02. The minimum atomic E-state index is -0.105. The lowest BCUT2D eigenvalue weighted by molar-refractivity contribution is -0.114. The Morgan fingerprint density at radius 3 is 2.76 bits per heavy atom. The molecule has 0 aliphatic carbocycles. The molecule has 0 saturated heterocycles. The van der Waals surface area contributed by atoms with Crippen molar-refractivity contribution in [2.45, 2.75) is 13.3 Å². The Balaban J connectivity index is 1.63. The summed E-state index contributed by atoms with van der Waals surface area (Å²) < 4.78 is 0. The molecule has 1 amide bonds. The molecule has 2 aromatic carbocycles. The summed E-state index contributed by atoms with van der Waals surface area (Å²) in [6.07, 6.45) is 2.22. The summed E-state index contributed by atoms with van der Waals surface area (Å²) in [7, 11) is 0. The fourth-order valence-corrected chi connectivity index (χ4v) is 2.44. The first-order chi connectivity index (χ1) is 12.2. The Kier molecular flexibility index (Phi) is 5.22. The highest BCUT2D eigenvalue weighted by Crippen LogP contribution is 2.18. The topological polar surface area (TPSA) is 66.9 Å². The monoisotopic (exact) mass is 330 g/mol. The van der Waals surface area contributed by atoms with Crippen LogP contribution in [0.2, 0.25) is 0 Å². The van der Waals surface area contributed by atoms with Crippen LogP contribution in [0, 0.1) is 11.8 Å². The molecule has 0 atom stereocenters. The van der Waals surface area contributed by atoms with Gasteiger partial charge in [0.05, 0.1) is 11.2 Å². The normalized spacial score (nSPS) is 9.96. The first-order valence-corrected chi connectivity index (χ1v) is 8.03. The highest BCUT2D eigenvalue weighted by molar-refractivity contribution is 5.90. The van der Waals surface area contributed by atoms with Gasteiger partial charge in [-0.05, 0) is 24.3 Å². The molecule has 0 bridgehead atoms. The number of hydrogen-bond donors (Lipinski definition) is 2. The van der Waals surface area contributed by atoms with Crippen molar-refractivity contribution < 1.29 is 4.79 Å². The summed E-state index contributed by atoms with van der Waals surface area (Å²) in [5.41, 5.74) is 2.46. The van der Waals surface area contributed by atoms with E-state index in [2.05, 4.69) is 32.4 Å². The Bertz CT molecular complexity index is 951. The lowest BCUT2D eigenvalue weighted by Crippen LogP contribution is -2.07. The van der Waals surface area contributed by atoms with E-state index in [9.17, 15) is 4.79 Å². The van der Waals surface area contributed by atoms with E-state index < -0.39 is 0 Å². The van der Waals surface area contributed by atoms with Crippen molar-refractivity contribution in [2.24, 2.45) is 0 Å². The third-order valence-electron chi connectivity index (χ3n) is 3.55. The molecule has 0 spiro atoms. The summed E-state index contributed by atoms with van der Waals surface area (Å²) >= 11 is 0. The van der Waals surface area contributed by atoms with Crippen LogP contribution in [0.1, 0.15) is 18.9 Å². The van der Waals surface area contributed by atoms with Crippen molar-refractivity contribution >= 4 is 28.3 Å². The van der Waals surface area contributed by atoms with E-state index in [1.807, 2.05) is 48.5 Å². The van der Waals surface area contributed by atoms with Crippen molar-refractivity contribution in [1.82, 2.24) is 9.97 Å². The minimum absolute atomic E-state index is 0.105. The van der Waals surface area contributed by atoms with Gasteiger partial charge in [-0.15, -0.1) is 0 Å². The molecule has 3 rings (SSSR count). The second-order valence-electron chi connectivity index (χ2n) is 5.44. The van der Waals surface area contributed by atoms with Crippen LogP contribution in [0.25, 0.3) is 10.9 Å². The van der Waals surface area contributed by atoms with Gasteiger partial charge in [-0.25, -0.2) is 9.97 Å². The van der Waals surface area contributed by atoms with Gasteiger partial charge in [-0.2, -0.15) is 0 Å². The van der Waals surface area contributed by atoms with Gasteiger partial charge in [0.15, 0.2) is 0 Å². The van der Waals surface area contributed by atoms with Crippen molar-refractivity contribution in [3.8, 4) is 11.8 Å². The van der Waals surface area contributed by atoms with Gasteiger partial charge >= 0.3 is 0 Å². The van der Waals surface area contributed by atoms with Crippen LogP contribution in [0.3, 0.4) is 0 Å². The molecule has 5 nitrogen and oxygen atoms in total. The Morgan fingerprint density at radius 2 is 1.88 bits per heavy atom. The average Bonchev–Trinajstić information content (AvgIpc) is 2.62. The third kappa shape index (κ3) is 4.33. The molecule has 3 aromatic rings. The minimum Gasteiger partial charge on any atom is -0.368 e. The van der Waals surface area contributed by atoms with Crippen LogP contribution in [0.15, 0.2) is 54.9 Å². The maximum Gasteiger partial charge on any atom is 0.221 e. The SMILES string of the molecule is CC(=O)Nc1ccccc1C#CCCNc1ncnc2ccccc12. The molecular weight excluding hydrogens is 312 g/mol. The smallest absolute Gasteiger partial charge is 0.221 e. The van der Waals surface area contributed by atoms with Gasteiger partial charge in [0.25, 0.3) is 0 Å². The summed E-state index contributed by atoms with van der Waals surface area (Å²) in [4.78, 5) is 19.8. The number of carbonyl (C=O) groups is 1. The summed E-state index contributed by atoms with van der Waals surface area (Å²) in [6, 6.07) is 15.4. The van der Waals surface area contributed by atoms with E-state index in [4.69, 9.17) is 0 Å². The molecule has 2 N–H and O–H groups in total. The number of para-hydroxylation sites is 2. The quantitative estimate of drug-likeness (QED) is 0.568. The first-order valence-electron chi connectivity index (χ1n) is 8.03. The van der Waals surface area contributed by atoms with Crippen LogP contribution in [0.5, 0.6) is 0 Å². The van der Waals surface area contributed by atoms with Crippen LogP contribution in [-0.2, 0) is 4.79 Å². The maximum absolute atomic E-state index is 11.2. The van der Waals surface area contributed by atoms with Crippen molar-refractivity contribution in [1.29, 1.82) is 0 Å². The molecule has 25 heavy (non-hydrogen) atoms. The molecule has 0 aliphatic heterocycles. The molecule has 0 aliphatic rings. The molecule has 0 radical (unpaired) electrons. The molecule has 124 valence electrons. The van der Waals surface area contributed by atoms with E-state index in [-0.39, 0.29) is 5.91 Å². The first kappa shape index (κ1) is 16.5. The van der Waals surface area contributed by atoms with Gasteiger partial charge in [0.2, 0.25) is 5.91 Å². The lowest BCUT2D eigenvalue weighted by Gasteiger charge is -2.06. The van der Waals surface area contributed by atoms with Crippen molar-refractivity contribution in [3.63, 3.8) is 0 Å². The number of anilines is 2. The van der Waals surface area contributed by atoms with E-state index in [0.29, 0.717) is 13.0 Å². The fourth-order valence-electron chi connectivity index (χ4n) is 2.44. The van der Waals surface area contributed by atoms with E-state index in [1.165, 1.54) is 6.92 Å². The number of hydrogen-bond acceptors (Lipinski definition) is 4. The summed E-state index contributed by atoms with van der Waals surface area (Å²) in [5, 5.41) is 7.08. The Morgan fingerprint density at radius 1 is 1.08 bits per heavy atom. The largest absolute Gasteiger partial charge is 0.368 e. The lowest BCUT2D eigenvalue weighted by atomic mass is 10.1. The zero-order chi connectivity index (χ0) is 17.5. The summed E-state index contributed by atoms with van der Waals surface area (Å²) in [6.45, 7) is 2.16. The van der Waals surface area contributed by atoms with Gasteiger partial charge in [0.1, 0.15) is 12.1 Å². The van der Waals surface area contributed by atoms with Crippen LogP contribution >= 0.6 is 0 Å². The standard InChI is InChI=1S/C20H18N4O/c1-15(25)24-18-11-4-2-8-16(18)9-6-7-13-21-20-17-10-3-5-12-19(17)22-14-23-20/h2-5,8,10-12,14H,7,13H2,1H3,(H,24,25)(H,21,22,23). The van der Waals surface area contributed by atoms with Crippen LogP contribution < -0.4 is 10.6 Å². The molecular formula is C20H18N4O. The number of aromatic nitrogens is 2. The van der Waals surface area contributed by atoms with Crippen LogP contribution in [-0.4, -0.2) is 22.4 Å². The predicted molar refractivity (Wildman–Crippen MR) is 100 cm³/mol. The van der Waals surface area contributed by atoms with Crippen molar-refractivity contribution in [2.75, 3.05) is 17.2 Å². The second-order valence-corrected chi connectivity index (χ2v) is 5.44. The number of amides is 1. The number of nitrogens with zero attached hydrogens (tertiary/aromatic N) is 2. The van der Waals surface area contributed by atoms with Gasteiger partial charge < -0.3 is 10.6 Å². The van der Waals surface area contributed by atoms with E-state index in [0.717, 1.165) is 28.0 Å². The Labute approximate surface area is 146 Å². The Hall–Kier alpha value is -3.39. The average molecular weight is 330 g/mol. The predicted octanol–water partition coefficient (Wildman–Crippen LogP) is 3.44. The van der Waals surface area contributed by atoms with Gasteiger partial charge in [0, 0.05) is 30.8 Å². The maximum atomic E-state index is 11.2. The molecule has 0 unspecified atom stereocenters. The molecule has 0 fully saturated rings. The highest BCUT2D eigenvalue weighted by atomic mass is 16.1. The number of rotatable bonds is 4. The van der Waals surface area contributed by atoms with Gasteiger partial charge in [-0.1, -0.05) is 36.1 Å². The summed E-state index contributed by atoms with van der Waals surface area (Å²) in [5.74, 6) is 6.94. The van der Waals surface area contributed by atoms with E-state index >= 15 is 0 Å².